The van der Waals surface area contributed by atoms with Crippen molar-refractivity contribution in [1.29, 1.82) is 0 Å². The van der Waals surface area contributed by atoms with Crippen LogP contribution in [-0.4, -0.2) is 40.6 Å². The van der Waals surface area contributed by atoms with E-state index in [2.05, 4.69) is 0 Å². The highest BCUT2D eigenvalue weighted by molar-refractivity contribution is 7.92. The van der Waals surface area contributed by atoms with E-state index in [1.807, 2.05) is 12.1 Å². The van der Waals surface area contributed by atoms with Crippen LogP contribution in [-0.2, 0) is 14.8 Å². The number of fused-ring (bicyclic) bond motifs is 2. The number of para-hydroxylation sites is 2. The molecule has 1 amide bonds. The molecule has 1 fully saturated rings. The van der Waals surface area contributed by atoms with Crippen LogP contribution in [0.15, 0.2) is 47.4 Å². The molecule has 29 heavy (non-hydrogen) atoms. The number of ether oxygens (including phenoxy) is 2. The first-order chi connectivity index (χ1) is 14.1. The average Bonchev–Trinajstić information content (AvgIpc) is 3.59. The van der Waals surface area contributed by atoms with Gasteiger partial charge in [-0.05, 0) is 43.5 Å². The second-order valence-corrected chi connectivity index (χ2v) is 9.35. The summed E-state index contributed by atoms with van der Waals surface area (Å²) in [6.07, 6.45) is 2.39. The van der Waals surface area contributed by atoms with Crippen LogP contribution >= 0.6 is 0 Å². The highest BCUT2D eigenvalue weighted by Crippen LogP contribution is 2.40. The van der Waals surface area contributed by atoms with Gasteiger partial charge in [0.05, 0.1) is 16.3 Å². The Kier molecular flexibility index (Phi) is 4.38. The van der Waals surface area contributed by atoms with Gasteiger partial charge in [0.1, 0.15) is 13.2 Å². The van der Waals surface area contributed by atoms with Crippen molar-refractivity contribution in [2.45, 2.75) is 24.2 Å². The summed E-state index contributed by atoms with van der Waals surface area (Å²) in [5.41, 5.74) is 1.19. The van der Waals surface area contributed by atoms with Crippen molar-refractivity contribution < 1.29 is 22.7 Å². The summed E-state index contributed by atoms with van der Waals surface area (Å²) in [5.74, 6) is 1.15. The van der Waals surface area contributed by atoms with Crippen molar-refractivity contribution in [2.24, 2.45) is 5.92 Å². The summed E-state index contributed by atoms with van der Waals surface area (Å²) in [5, 5.41) is 0. The fraction of sp³-hybridized carbons (Fsp3) is 0.381. The molecule has 0 N–H and O–H groups in total. The standard InChI is InChI=1S/C21H22N2O5S/c24-21(15-6-7-15)22-10-3-11-23(18-5-2-1-4-17(18)22)29(25,26)16-8-9-19-20(14-16)28-13-12-27-19/h1-2,4-5,8-9,14-15H,3,6-7,10-13H2. The van der Waals surface area contributed by atoms with E-state index in [-0.39, 0.29) is 16.7 Å². The molecule has 1 aliphatic carbocycles. The monoisotopic (exact) mass is 414 g/mol. The van der Waals surface area contributed by atoms with Gasteiger partial charge in [-0.15, -0.1) is 0 Å². The second kappa shape index (κ2) is 6.95. The van der Waals surface area contributed by atoms with Gasteiger partial charge in [0.2, 0.25) is 5.91 Å². The quantitative estimate of drug-likeness (QED) is 0.772. The molecule has 5 rings (SSSR count). The predicted octanol–water partition coefficient (Wildman–Crippen LogP) is 2.80. The zero-order valence-electron chi connectivity index (χ0n) is 15.9. The number of hydrogen-bond donors (Lipinski definition) is 0. The van der Waals surface area contributed by atoms with Crippen molar-refractivity contribution >= 4 is 27.3 Å². The molecule has 7 nitrogen and oxygen atoms in total. The Morgan fingerprint density at radius 2 is 1.66 bits per heavy atom. The first-order valence-electron chi connectivity index (χ1n) is 9.88. The number of carbonyl (C=O) groups is 1. The van der Waals surface area contributed by atoms with E-state index in [1.54, 1.807) is 29.2 Å². The number of hydrogen-bond acceptors (Lipinski definition) is 5. The van der Waals surface area contributed by atoms with E-state index in [9.17, 15) is 13.2 Å². The second-order valence-electron chi connectivity index (χ2n) is 7.49. The highest BCUT2D eigenvalue weighted by Gasteiger charge is 2.38. The van der Waals surface area contributed by atoms with Crippen LogP contribution in [0.3, 0.4) is 0 Å². The number of nitrogens with zero attached hydrogens (tertiary/aromatic N) is 2. The fourth-order valence-electron chi connectivity index (χ4n) is 3.86. The molecule has 2 aromatic rings. The van der Waals surface area contributed by atoms with Gasteiger partial charge in [-0.1, -0.05) is 12.1 Å². The maximum atomic E-state index is 13.5. The van der Waals surface area contributed by atoms with Crippen LogP contribution in [0, 0.1) is 5.92 Å². The predicted molar refractivity (Wildman–Crippen MR) is 108 cm³/mol. The summed E-state index contributed by atoms with van der Waals surface area (Å²) in [7, 11) is -3.83. The van der Waals surface area contributed by atoms with Crippen LogP contribution in [0.2, 0.25) is 0 Å². The fourth-order valence-corrected chi connectivity index (χ4v) is 5.39. The van der Waals surface area contributed by atoms with Crippen molar-refractivity contribution in [2.75, 3.05) is 35.5 Å². The number of amides is 1. The molecule has 0 radical (unpaired) electrons. The van der Waals surface area contributed by atoms with Gasteiger partial charge in [0.25, 0.3) is 10.0 Å². The molecule has 2 aromatic carbocycles. The van der Waals surface area contributed by atoms with Crippen molar-refractivity contribution in [3.63, 3.8) is 0 Å². The average molecular weight is 414 g/mol. The molecule has 0 saturated heterocycles. The summed E-state index contributed by atoms with van der Waals surface area (Å²) in [6.45, 7) is 1.66. The Morgan fingerprint density at radius 3 is 2.41 bits per heavy atom. The van der Waals surface area contributed by atoms with E-state index in [4.69, 9.17) is 9.47 Å². The molecule has 8 heteroatoms. The largest absolute Gasteiger partial charge is 0.486 e. The Morgan fingerprint density at radius 1 is 0.931 bits per heavy atom. The van der Waals surface area contributed by atoms with Crippen molar-refractivity contribution in [3.05, 3.63) is 42.5 Å². The molecular weight excluding hydrogens is 392 g/mol. The van der Waals surface area contributed by atoms with Gasteiger partial charge in [-0.3, -0.25) is 9.10 Å². The first kappa shape index (κ1) is 18.3. The number of carbonyl (C=O) groups excluding carboxylic acids is 1. The van der Waals surface area contributed by atoms with Crippen LogP contribution < -0.4 is 18.7 Å². The third-order valence-electron chi connectivity index (χ3n) is 5.48. The molecule has 2 heterocycles. The van der Waals surface area contributed by atoms with Crippen LogP contribution in [0.5, 0.6) is 11.5 Å². The molecule has 3 aliphatic rings. The van der Waals surface area contributed by atoms with E-state index in [0.29, 0.717) is 55.6 Å². The minimum absolute atomic E-state index is 0.0732. The number of benzene rings is 2. The van der Waals surface area contributed by atoms with Gasteiger partial charge < -0.3 is 14.4 Å². The molecule has 2 aliphatic heterocycles. The highest BCUT2D eigenvalue weighted by atomic mass is 32.2. The van der Waals surface area contributed by atoms with Gasteiger partial charge >= 0.3 is 0 Å². The lowest BCUT2D eigenvalue weighted by atomic mass is 10.2. The van der Waals surface area contributed by atoms with Crippen LogP contribution in [0.4, 0.5) is 11.4 Å². The zero-order valence-corrected chi connectivity index (χ0v) is 16.7. The normalized spacial score (nSPS) is 18.8. The summed E-state index contributed by atoms with van der Waals surface area (Å²) in [6, 6.07) is 11.9. The van der Waals surface area contributed by atoms with Crippen molar-refractivity contribution in [1.82, 2.24) is 0 Å². The van der Waals surface area contributed by atoms with E-state index in [0.717, 1.165) is 12.8 Å². The Bertz CT molecular complexity index is 1060. The Labute approximate surface area is 169 Å². The zero-order chi connectivity index (χ0) is 20.0. The lowest BCUT2D eigenvalue weighted by Gasteiger charge is -2.27. The summed E-state index contributed by atoms with van der Waals surface area (Å²) < 4.78 is 39.6. The molecule has 152 valence electrons. The molecular formula is C21H22N2O5S. The van der Waals surface area contributed by atoms with Gasteiger partial charge in [-0.2, -0.15) is 0 Å². The maximum absolute atomic E-state index is 13.5. The van der Waals surface area contributed by atoms with E-state index in [1.165, 1.54) is 10.4 Å². The summed E-state index contributed by atoms with van der Waals surface area (Å²) in [4.78, 5) is 14.7. The van der Waals surface area contributed by atoms with Crippen molar-refractivity contribution in [3.8, 4) is 11.5 Å². The topological polar surface area (TPSA) is 76.2 Å². The van der Waals surface area contributed by atoms with Gasteiger partial charge in [-0.25, -0.2) is 8.42 Å². The Balaban J connectivity index is 1.55. The molecule has 1 saturated carbocycles. The molecule has 0 spiro atoms. The minimum Gasteiger partial charge on any atom is -0.486 e. The van der Waals surface area contributed by atoms with Gasteiger partial charge in [0, 0.05) is 25.1 Å². The number of anilines is 2. The lowest BCUT2D eigenvalue weighted by Crippen LogP contribution is -2.32. The Hall–Kier alpha value is -2.74. The first-order valence-corrected chi connectivity index (χ1v) is 11.3. The third-order valence-corrected chi connectivity index (χ3v) is 7.29. The lowest BCUT2D eigenvalue weighted by molar-refractivity contribution is -0.119. The van der Waals surface area contributed by atoms with E-state index >= 15 is 0 Å². The molecule has 0 bridgehead atoms. The van der Waals surface area contributed by atoms with Crippen LogP contribution in [0.1, 0.15) is 19.3 Å². The number of sulfonamides is 1. The third kappa shape index (κ3) is 3.21. The van der Waals surface area contributed by atoms with Crippen LogP contribution in [0.25, 0.3) is 0 Å². The molecule has 0 aromatic heterocycles. The molecule has 0 unspecified atom stereocenters. The van der Waals surface area contributed by atoms with Gasteiger partial charge in [0.15, 0.2) is 11.5 Å². The maximum Gasteiger partial charge on any atom is 0.264 e. The molecule has 0 atom stereocenters. The van der Waals surface area contributed by atoms with E-state index < -0.39 is 10.0 Å². The minimum atomic E-state index is -3.83. The summed E-state index contributed by atoms with van der Waals surface area (Å²) >= 11 is 0. The number of rotatable bonds is 3. The smallest absolute Gasteiger partial charge is 0.264 e. The SMILES string of the molecule is O=C(C1CC1)N1CCCN(S(=O)(=O)c2ccc3c(c2)OCCO3)c2ccccc21.